The van der Waals surface area contributed by atoms with E-state index in [0.29, 0.717) is 16.8 Å². The van der Waals surface area contributed by atoms with E-state index < -0.39 is 0 Å². The van der Waals surface area contributed by atoms with Crippen molar-refractivity contribution in [1.82, 2.24) is 9.78 Å². The molecule has 1 aromatic rings. The third-order valence-corrected chi connectivity index (χ3v) is 2.71. The Kier molecular flexibility index (Phi) is 3.60. The van der Waals surface area contributed by atoms with Gasteiger partial charge in [-0.3, -0.25) is 0 Å². The molecule has 0 aliphatic rings. The lowest BCUT2D eigenvalue weighted by Gasteiger charge is -2.12. The maximum Gasteiger partial charge on any atom is 0.140 e. The Balaban J connectivity index is 2.67. The van der Waals surface area contributed by atoms with Crippen LogP contribution in [0.25, 0.3) is 0 Å². The predicted molar refractivity (Wildman–Crippen MR) is 55.7 cm³/mol. The zero-order valence-electron chi connectivity index (χ0n) is 8.13. The summed E-state index contributed by atoms with van der Waals surface area (Å²) in [5.74, 6) is 1.21. The van der Waals surface area contributed by atoms with E-state index in [2.05, 4.69) is 18.9 Å². The van der Waals surface area contributed by atoms with Crippen LogP contribution in [0.5, 0.6) is 0 Å². The molecule has 1 aromatic heterocycles. The van der Waals surface area contributed by atoms with Gasteiger partial charge in [0.2, 0.25) is 0 Å². The highest BCUT2D eigenvalue weighted by Crippen LogP contribution is 2.19. The molecule has 0 radical (unpaired) electrons. The van der Waals surface area contributed by atoms with Gasteiger partial charge in [-0.15, -0.1) is 0 Å². The molecule has 0 saturated carbocycles. The first kappa shape index (κ1) is 10.4. The standard InChI is InChI=1S/C9H16ClN3/c1-3-7(4-2)6-13-9(11)8(10)5-12-13/h5,7H,3-4,6,11H2,1-2H3. The molecule has 0 bridgehead atoms. The van der Waals surface area contributed by atoms with Gasteiger partial charge >= 0.3 is 0 Å². The van der Waals surface area contributed by atoms with Crippen LogP contribution in [-0.2, 0) is 6.54 Å². The van der Waals surface area contributed by atoms with Crippen LogP contribution in [0.2, 0.25) is 5.02 Å². The van der Waals surface area contributed by atoms with Crippen LogP contribution in [0.3, 0.4) is 0 Å². The third kappa shape index (κ3) is 2.37. The van der Waals surface area contributed by atoms with Gasteiger partial charge in [0.15, 0.2) is 0 Å². The predicted octanol–water partition coefficient (Wildman–Crippen LogP) is 2.55. The van der Waals surface area contributed by atoms with Gasteiger partial charge < -0.3 is 5.73 Å². The molecule has 1 rings (SSSR count). The second-order valence-electron chi connectivity index (χ2n) is 3.24. The molecule has 3 nitrogen and oxygen atoms in total. The van der Waals surface area contributed by atoms with Gasteiger partial charge in [-0.2, -0.15) is 5.10 Å². The van der Waals surface area contributed by atoms with E-state index in [0.717, 1.165) is 19.4 Å². The number of nitrogen functional groups attached to an aromatic ring is 1. The second kappa shape index (κ2) is 4.51. The molecular formula is C9H16ClN3. The van der Waals surface area contributed by atoms with Crippen LogP contribution < -0.4 is 5.73 Å². The average Bonchev–Trinajstić information content (AvgIpc) is 2.45. The minimum absolute atomic E-state index is 0.547. The number of nitrogens with zero attached hydrogens (tertiary/aromatic N) is 2. The summed E-state index contributed by atoms with van der Waals surface area (Å²) in [6.45, 7) is 5.22. The quantitative estimate of drug-likeness (QED) is 0.814. The minimum atomic E-state index is 0.547. The topological polar surface area (TPSA) is 43.8 Å². The number of hydrogen-bond acceptors (Lipinski definition) is 2. The van der Waals surface area contributed by atoms with E-state index in [1.165, 1.54) is 0 Å². The number of rotatable bonds is 4. The van der Waals surface area contributed by atoms with E-state index in [1.54, 1.807) is 10.9 Å². The largest absolute Gasteiger partial charge is 0.383 e. The van der Waals surface area contributed by atoms with Crippen molar-refractivity contribution in [2.45, 2.75) is 33.2 Å². The van der Waals surface area contributed by atoms with Crippen LogP contribution >= 0.6 is 11.6 Å². The third-order valence-electron chi connectivity index (χ3n) is 2.42. The first-order chi connectivity index (χ1) is 6.19. The Hall–Kier alpha value is -0.700. The fourth-order valence-corrected chi connectivity index (χ4v) is 1.45. The number of hydrogen-bond donors (Lipinski definition) is 1. The minimum Gasteiger partial charge on any atom is -0.383 e. The zero-order chi connectivity index (χ0) is 9.84. The van der Waals surface area contributed by atoms with Crippen molar-refractivity contribution in [2.24, 2.45) is 5.92 Å². The van der Waals surface area contributed by atoms with Gasteiger partial charge in [-0.05, 0) is 5.92 Å². The summed E-state index contributed by atoms with van der Waals surface area (Å²) in [5.41, 5.74) is 5.73. The fourth-order valence-electron chi connectivity index (χ4n) is 1.31. The van der Waals surface area contributed by atoms with Crippen molar-refractivity contribution in [3.63, 3.8) is 0 Å². The maximum atomic E-state index is 5.79. The zero-order valence-corrected chi connectivity index (χ0v) is 8.88. The Bertz CT molecular complexity index is 266. The van der Waals surface area contributed by atoms with Crippen molar-refractivity contribution in [3.8, 4) is 0 Å². The Morgan fingerprint density at radius 2 is 2.15 bits per heavy atom. The van der Waals surface area contributed by atoms with Gasteiger partial charge in [0.25, 0.3) is 0 Å². The van der Waals surface area contributed by atoms with Crippen LogP contribution in [0, 0.1) is 5.92 Å². The highest BCUT2D eigenvalue weighted by atomic mass is 35.5. The first-order valence-corrected chi connectivity index (χ1v) is 5.03. The summed E-state index contributed by atoms with van der Waals surface area (Å²) in [5, 5.41) is 4.66. The molecule has 0 amide bonds. The molecule has 0 atom stereocenters. The first-order valence-electron chi connectivity index (χ1n) is 4.65. The van der Waals surface area contributed by atoms with Crippen molar-refractivity contribution in [2.75, 3.05) is 5.73 Å². The SMILES string of the molecule is CCC(CC)Cn1ncc(Cl)c1N. The molecule has 0 fully saturated rings. The molecule has 2 N–H and O–H groups in total. The molecule has 0 aliphatic carbocycles. The molecule has 0 spiro atoms. The van der Waals surface area contributed by atoms with Crippen LogP contribution in [0.15, 0.2) is 6.20 Å². The van der Waals surface area contributed by atoms with Crippen LogP contribution in [-0.4, -0.2) is 9.78 Å². The summed E-state index contributed by atoms with van der Waals surface area (Å²) < 4.78 is 1.78. The molecule has 0 saturated heterocycles. The Morgan fingerprint density at radius 1 is 1.54 bits per heavy atom. The summed E-state index contributed by atoms with van der Waals surface area (Å²) in [6.07, 6.45) is 3.89. The summed E-state index contributed by atoms with van der Waals surface area (Å²) in [4.78, 5) is 0. The molecular weight excluding hydrogens is 186 g/mol. The molecule has 13 heavy (non-hydrogen) atoms. The lowest BCUT2D eigenvalue weighted by atomic mass is 10.0. The van der Waals surface area contributed by atoms with Crippen LogP contribution in [0.4, 0.5) is 5.82 Å². The summed E-state index contributed by atoms with van der Waals surface area (Å²) >= 11 is 5.79. The van der Waals surface area contributed by atoms with E-state index in [1.807, 2.05) is 0 Å². The molecule has 74 valence electrons. The average molecular weight is 202 g/mol. The van der Waals surface area contributed by atoms with Crippen molar-refractivity contribution in [1.29, 1.82) is 0 Å². The summed E-state index contributed by atoms with van der Waals surface area (Å²) in [7, 11) is 0. The van der Waals surface area contributed by atoms with Gasteiger partial charge in [0, 0.05) is 6.54 Å². The second-order valence-corrected chi connectivity index (χ2v) is 3.65. The lowest BCUT2D eigenvalue weighted by Crippen LogP contribution is -2.12. The summed E-state index contributed by atoms with van der Waals surface area (Å²) in [6, 6.07) is 0. The monoisotopic (exact) mass is 201 g/mol. The molecule has 1 heterocycles. The number of anilines is 1. The number of aromatic nitrogens is 2. The van der Waals surface area contributed by atoms with Crippen molar-refractivity contribution < 1.29 is 0 Å². The van der Waals surface area contributed by atoms with E-state index >= 15 is 0 Å². The highest BCUT2D eigenvalue weighted by Gasteiger charge is 2.09. The fraction of sp³-hybridized carbons (Fsp3) is 0.667. The molecule has 0 unspecified atom stereocenters. The lowest BCUT2D eigenvalue weighted by molar-refractivity contribution is 0.399. The Morgan fingerprint density at radius 3 is 2.54 bits per heavy atom. The van der Waals surface area contributed by atoms with Crippen LogP contribution in [0.1, 0.15) is 26.7 Å². The molecule has 0 aromatic carbocycles. The highest BCUT2D eigenvalue weighted by molar-refractivity contribution is 6.32. The van der Waals surface area contributed by atoms with Crippen molar-refractivity contribution in [3.05, 3.63) is 11.2 Å². The van der Waals surface area contributed by atoms with E-state index in [4.69, 9.17) is 17.3 Å². The van der Waals surface area contributed by atoms with E-state index in [-0.39, 0.29) is 0 Å². The van der Waals surface area contributed by atoms with Gasteiger partial charge in [0.05, 0.1) is 6.20 Å². The number of halogens is 1. The molecule has 0 aliphatic heterocycles. The van der Waals surface area contributed by atoms with Gasteiger partial charge in [-0.25, -0.2) is 4.68 Å². The van der Waals surface area contributed by atoms with Gasteiger partial charge in [0.1, 0.15) is 10.8 Å². The van der Waals surface area contributed by atoms with Gasteiger partial charge in [-0.1, -0.05) is 38.3 Å². The van der Waals surface area contributed by atoms with Crippen molar-refractivity contribution >= 4 is 17.4 Å². The number of nitrogens with two attached hydrogens (primary N) is 1. The maximum absolute atomic E-state index is 5.79. The Labute approximate surface area is 83.9 Å². The normalized spacial score (nSPS) is 11.1. The van der Waals surface area contributed by atoms with E-state index in [9.17, 15) is 0 Å². The smallest absolute Gasteiger partial charge is 0.140 e. The molecule has 4 heteroatoms.